The lowest BCUT2D eigenvalue weighted by molar-refractivity contribution is 0.0528. The molecule has 0 aliphatic carbocycles. The Balaban J connectivity index is 2.24. The molecular formula is C15H10Cl2FN3O2. The van der Waals surface area contributed by atoms with Crippen LogP contribution in [0, 0.1) is 5.82 Å². The van der Waals surface area contributed by atoms with Crippen molar-refractivity contribution in [1.82, 2.24) is 14.6 Å². The second kappa shape index (κ2) is 6.14. The van der Waals surface area contributed by atoms with Crippen LogP contribution in [0.1, 0.15) is 17.3 Å². The highest BCUT2D eigenvalue weighted by molar-refractivity contribution is 6.38. The van der Waals surface area contributed by atoms with Gasteiger partial charge in [-0.2, -0.15) is 5.10 Å². The van der Waals surface area contributed by atoms with Crippen LogP contribution in [0.2, 0.25) is 10.3 Å². The monoisotopic (exact) mass is 353 g/mol. The molecule has 0 unspecified atom stereocenters. The molecule has 3 aromatic rings. The van der Waals surface area contributed by atoms with Gasteiger partial charge in [0.1, 0.15) is 21.7 Å². The van der Waals surface area contributed by atoms with E-state index < -0.39 is 11.8 Å². The van der Waals surface area contributed by atoms with E-state index >= 15 is 0 Å². The van der Waals surface area contributed by atoms with Crippen molar-refractivity contribution in [3.63, 3.8) is 0 Å². The topological polar surface area (TPSA) is 56.5 Å². The van der Waals surface area contributed by atoms with Gasteiger partial charge in [-0.25, -0.2) is 18.7 Å². The molecule has 0 aliphatic rings. The Morgan fingerprint density at radius 3 is 2.78 bits per heavy atom. The van der Waals surface area contributed by atoms with Gasteiger partial charge in [-0.05, 0) is 13.0 Å². The molecule has 1 aromatic carbocycles. The van der Waals surface area contributed by atoms with Gasteiger partial charge in [0.05, 0.1) is 18.4 Å². The second-order valence-corrected chi connectivity index (χ2v) is 5.28. The minimum absolute atomic E-state index is 0.0290. The van der Waals surface area contributed by atoms with Crippen LogP contribution in [0.3, 0.4) is 0 Å². The quantitative estimate of drug-likeness (QED) is 0.527. The summed E-state index contributed by atoms with van der Waals surface area (Å²) in [5, 5.41) is 4.05. The molecule has 118 valence electrons. The van der Waals surface area contributed by atoms with Gasteiger partial charge >= 0.3 is 5.97 Å². The summed E-state index contributed by atoms with van der Waals surface area (Å²) in [6.45, 7) is 1.90. The van der Waals surface area contributed by atoms with E-state index in [9.17, 15) is 9.18 Å². The Kier molecular flexibility index (Phi) is 4.19. The number of halogens is 3. The second-order valence-electron chi connectivity index (χ2n) is 4.56. The molecule has 3 rings (SSSR count). The highest BCUT2D eigenvalue weighted by atomic mass is 35.5. The third-order valence-electron chi connectivity index (χ3n) is 3.18. The molecule has 2 heterocycles. The molecule has 0 saturated heterocycles. The van der Waals surface area contributed by atoms with Gasteiger partial charge in [0.2, 0.25) is 0 Å². The minimum Gasteiger partial charge on any atom is -0.462 e. The summed E-state index contributed by atoms with van der Waals surface area (Å²) in [5.41, 5.74) is 0.691. The number of benzene rings is 1. The molecule has 0 fully saturated rings. The van der Waals surface area contributed by atoms with Crippen molar-refractivity contribution in [2.75, 3.05) is 6.61 Å². The van der Waals surface area contributed by atoms with Crippen LogP contribution in [-0.4, -0.2) is 27.2 Å². The summed E-state index contributed by atoms with van der Waals surface area (Å²) in [5.74, 6) is -1.07. The van der Waals surface area contributed by atoms with Crippen LogP contribution < -0.4 is 0 Å². The zero-order chi connectivity index (χ0) is 16.6. The number of esters is 1. The average molecular weight is 354 g/mol. The van der Waals surface area contributed by atoms with Crippen LogP contribution in [0.25, 0.3) is 16.8 Å². The number of carbonyl (C=O) groups is 1. The summed E-state index contributed by atoms with van der Waals surface area (Å²) in [7, 11) is 0. The molecular weight excluding hydrogens is 344 g/mol. The molecule has 0 N–H and O–H groups in total. The third kappa shape index (κ3) is 2.64. The van der Waals surface area contributed by atoms with Crippen LogP contribution in [0.4, 0.5) is 4.39 Å². The number of rotatable bonds is 3. The third-order valence-corrected chi connectivity index (χ3v) is 3.81. The fraction of sp³-hybridized carbons (Fsp3) is 0.133. The van der Waals surface area contributed by atoms with E-state index in [-0.39, 0.29) is 39.3 Å². The first-order valence-electron chi connectivity index (χ1n) is 6.69. The van der Waals surface area contributed by atoms with Gasteiger partial charge in [0.15, 0.2) is 5.65 Å². The van der Waals surface area contributed by atoms with E-state index in [0.717, 1.165) is 0 Å². The zero-order valence-corrected chi connectivity index (χ0v) is 13.4. The molecule has 5 nitrogen and oxygen atoms in total. The largest absolute Gasteiger partial charge is 0.462 e. The van der Waals surface area contributed by atoms with Crippen molar-refractivity contribution < 1.29 is 13.9 Å². The van der Waals surface area contributed by atoms with Crippen molar-refractivity contribution in [2.24, 2.45) is 0 Å². The highest BCUT2D eigenvalue weighted by Crippen LogP contribution is 2.35. The van der Waals surface area contributed by atoms with Gasteiger partial charge < -0.3 is 4.74 Å². The van der Waals surface area contributed by atoms with Gasteiger partial charge in [-0.3, -0.25) is 0 Å². The highest BCUT2D eigenvalue weighted by Gasteiger charge is 2.22. The number of fused-ring (bicyclic) bond motifs is 1. The number of ether oxygens (including phenoxy) is 1. The van der Waals surface area contributed by atoms with E-state index in [1.807, 2.05) is 0 Å². The van der Waals surface area contributed by atoms with Gasteiger partial charge in [0, 0.05) is 5.56 Å². The van der Waals surface area contributed by atoms with E-state index in [2.05, 4.69) is 10.1 Å². The van der Waals surface area contributed by atoms with E-state index in [1.165, 1.54) is 22.8 Å². The summed E-state index contributed by atoms with van der Waals surface area (Å²) in [6.07, 6.45) is 1.29. The Morgan fingerprint density at radius 2 is 2.09 bits per heavy atom. The molecule has 0 radical (unpaired) electrons. The standard InChI is InChI=1S/C15H10Cl2FN3O2/c1-2-23-15(22)9-7-19-21-13(17)11(12(16)20-14(9)21)8-5-3-4-6-10(8)18/h3-7H,2H2,1H3. The predicted octanol–water partition coefficient (Wildman–Crippen LogP) is 4.02. The van der Waals surface area contributed by atoms with Crippen molar-refractivity contribution in [2.45, 2.75) is 6.92 Å². The summed E-state index contributed by atoms with van der Waals surface area (Å²) < 4.78 is 20.2. The van der Waals surface area contributed by atoms with Crippen molar-refractivity contribution in [1.29, 1.82) is 0 Å². The predicted molar refractivity (Wildman–Crippen MR) is 84.4 cm³/mol. The number of hydrogen-bond donors (Lipinski definition) is 0. The Labute approximate surface area is 140 Å². The molecule has 8 heteroatoms. The molecule has 0 amide bonds. The van der Waals surface area contributed by atoms with Gasteiger partial charge in [0.25, 0.3) is 0 Å². The molecule has 0 spiro atoms. The maximum absolute atomic E-state index is 14.0. The normalized spacial score (nSPS) is 11.0. The molecule has 0 bridgehead atoms. The van der Waals surface area contributed by atoms with Crippen LogP contribution in [0.5, 0.6) is 0 Å². The molecule has 0 atom stereocenters. The van der Waals surface area contributed by atoms with Crippen LogP contribution >= 0.6 is 23.2 Å². The van der Waals surface area contributed by atoms with E-state index in [1.54, 1.807) is 19.1 Å². The summed E-state index contributed by atoms with van der Waals surface area (Å²) >= 11 is 12.5. The Hall–Kier alpha value is -2.18. The maximum Gasteiger partial charge on any atom is 0.343 e. The van der Waals surface area contributed by atoms with E-state index in [4.69, 9.17) is 27.9 Å². The molecule has 0 aliphatic heterocycles. The average Bonchev–Trinajstić information content (AvgIpc) is 2.93. The first-order chi connectivity index (χ1) is 11.0. The number of nitrogens with zero attached hydrogens (tertiary/aromatic N) is 3. The maximum atomic E-state index is 14.0. The first kappa shape index (κ1) is 15.7. The van der Waals surface area contributed by atoms with Gasteiger partial charge in [-0.15, -0.1) is 0 Å². The van der Waals surface area contributed by atoms with E-state index in [0.29, 0.717) is 0 Å². The van der Waals surface area contributed by atoms with Gasteiger partial charge in [-0.1, -0.05) is 41.4 Å². The Bertz CT molecular complexity index is 911. The smallest absolute Gasteiger partial charge is 0.343 e. The van der Waals surface area contributed by atoms with Crippen LogP contribution in [0.15, 0.2) is 30.5 Å². The van der Waals surface area contributed by atoms with Crippen LogP contribution in [-0.2, 0) is 4.74 Å². The molecule has 2 aromatic heterocycles. The SMILES string of the molecule is CCOC(=O)c1cnn2c(Cl)c(-c3ccccc3F)c(Cl)nc12. The van der Waals surface area contributed by atoms with Crippen molar-refractivity contribution in [3.05, 3.63) is 52.1 Å². The number of carbonyl (C=O) groups excluding carboxylic acids is 1. The fourth-order valence-electron chi connectivity index (χ4n) is 2.17. The lowest BCUT2D eigenvalue weighted by Gasteiger charge is -2.09. The number of hydrogen-bond acceptors (Lipinski definition) is 4. The summed E-state index contributed by atoms with van der Waals surface area (Å²) in [6, 6.07) is 6.03. The first-order valence-corrected chi connectivity index (χ1v) is 7.45. The zero-order valence-electron chi connectivity index (χ0n) is 11.9. The van der Waals surface area contributed by atoms with Crippen molar-refractivity contribution >= 4 is 34.8 Å². The molecule has 0 saturated carbocycles. The minimum atomic E-state index is -0.583. The van der Waals surface area contributed by atoms with Crippen molar-refractivity contribution in [3.8, 4) is 11.1 Å². The molecule has 23 heavy (non-hydrogen) atoms. The number of aromatic nitrogens is 3. The summed E-state index contributed by atoms with van der Waals surface area (Å²) in [4.78, 5) is 16.0. The fourth-order valence-corrected chi connectivity index (χ4v) is 2.81. The lowest BCUT2D eigenvalue weighted by atomic mass is 10.1. The Morgan fingerprint density at radius 1 is 1.35 bits per heavy atom. The lowest BCUT2D eigenvalue weighted by Crippen LogP contribution is -2.06.